The zero-order chi connectivity index (χ0) is 25.3. The SMILES string of the molecule is Cc1cc(/C(O)=C2/C(=O)C(=O)N(c3ccc(CC(=O)O)cc3)C2c2ccco2)ccc1OC(C)C. The van der Waals surface area contributed by atoms with E-state index in [4.69, 9.17) is 14.3 Å². The van der Waals surface area contributed by atoms with Gasteiger partial charge in [0.05, 0.1) is 24.4 Å². The molecule has 0 radical (unpaired) electrons. The lowest BCUT2D eigenvalue weighted by Crippen LogP contribution is -2.29. The van der Waals surface area contributed by atoms with Gasteiger partial charge in [-0.15, -0.1) is 0 Å². The number of carbonyl (C=O) groups excluding carboxylic acids is 2. The zero-order valence-corrected chi connectivity index (χ0v) is 19.5. The Morgan fingerprint density at radius 1 is 1.09 bits per heavy atom. The third-order valence-corrected chi connectivity index (χ3v) is 5.64. The molecule has 180 valence electrons. The Morgan fingerprint density at radius 3 is 2.37 bits per heavy atom. The topological polar surface area (TPSA) is 117 Å². The highest BCUT2D eigenvalue weighted by atomic mass is 16.5. The summed E-state index contributed by atoms with van der Waals surface area (Å²) < 4.78 is 11.3. The van der Waals surface area contributed by atoms with Crippen LogP contribution in [0.15, 0.2) is 70.9 Å². The summed E-state index contributed by atoms with van der Waals surface area (Å²) in [4.78, 5) is 38.6. The van der Waals surface area contributed by atoms with Crippen molar-refractivity contribution in [2.75, 3.05) is 4.90 Å². The lowest BCUT2D eigenvalue weighted by Gasteiger charge is -2.23. The summed E-state index contributed by atoms with van der Waals surface area (Å²) in [6.45, 7) is 5.65. The lowest BCUT2D eigenvalue weighted by atomic mass is 9.98. The first-order valence-corrected chi connectivity index (χ1v) is 11.1. The van der Waals surface area contributed by atoms with Crippen molar-refractivity contribution in [2.45, 2.75) is 39.3 Å². The number of hydrogen-bond acceptors (Lipinski definition) is 6. The highest BCUT2D eigenvalue weighted by Crippen LogP contribution is 2.42. The van der Waals surface area contributed by atoms with Crippen LogP contribution in [0, 0.1) is 6.92 Å². The lowest BCUT2D eigenvalue weighted by molar-refractivity contribution is -0.136. The fourth-order valence-corrected chi connectivity index (χ4v) is 4.10. The van der Waals surface area contributed by atoms with Crippen molar-refractivity contribution >= 4 is 29.1 Å². The van der Waals surface area contributed by atoms with Gasteiger partial charge in [0.25, 0.3) is 11.7 Å². The van der Waals surface area contributed by atoms with E-state index in [0.717, 1.165) is 5.56 Å². The number of benzene rings is 2. The van der Waals surface area contributed by atoms with Gasteiger partial charge in [-0.05, 0) is 74.4 Å². The Kier molecular flexibility index (Phi) is 6.46. The van der Waals surface area contributed by atoms with E-state index >= 15 is 0 Å². The molecule has 1 aliphatic heterocycles. The van der Waals surface area contributed by atoms with Crippen LogP contribution in [0.4, 0.5) is 5.69 Å². The number of aliphatic carboxylic acids is 1. The summed E-state index contributed by atoms with van der Waals surface area (Å²) in [6.07, 6.45) is 1.23. The molecule has 3 aromatic rings. The molecule has 1 atom stereocenters. The Labute approximate surface area is 202 Å². The standard InChI is InChI=1S/C27H25NO7/c1-15(2)35-20-11-8-18(13-16(20)3)25(31)23-24(21-5-4-12-34-21)28(27(33)26(23)32)19-9-6-17(7-10-19)14-22(29)30/h4-13,15,24,31H,14H2,1-3H3,(H,29,30)/b25-23-. The fraction of sp³-hybridized carbons (Fsp3) is 0.222. The maximum Gasteiger partial charge on any atom is 0.307 e. The van der Waals surface area contributed by atoms with Gasteiger partial charge in [-0.25, -0.2) is 0 Å². The number of nitrogens with zero attached hydrogens (tertiary/aromatic N) is 1. The summed E-state index contributed by atoms with van der Waals surface area (Å²) in [5.41, 5.74) is 1.95. The summed E-state index contributed by atoms with van der Waals surface area (Å²) in [7, 11) is 0. The first-order chi connectivity index (χ1) is 16.7. The van der Waals surface area contributed by atoms with Gasteiger partial charge in [-0.3, -0.25) is 19.3 Å². The second-order valence-electron chi connectivity index (χ2n) is 8.57. The minimum Gasteiger partial charge on any atom is -0.507 e. The van der Waals surface area contributed by atoms with Crippen LogP contribution in [0.3, 0.4) is 0 Å². The third kappa shape index (κ3) is 4.68. The minimum absolute atomic E-state index is 0.0284. The van der Waals surface area contributed by atoms with Crippen LogP contribution in [0.5, 0.6) is 5.75 Å². The molecule has 4 rings (SSSR count). The molecule has 1 fully saturated rings. The summed E-state index contributed by atoms with van der Waals surface area (Å²) in [5, 5.41) is 20.2. The molecule has 8 heteroatoms. The van der Waals surface area contributed by atoms with Gasteiger partial charge in [0.2, 0.25) is 0 Å². The van der Waals surface area contributed by atoms with Gasteiger partial charge in [-0.2, -0.15) is 0 Å². The quantitative estimate of drug-likeness (QED) is 0.291. The number of hydrogen-bond donors (Lipinski definition) is 2. The molecule has 35 heavy (non-hydrogen) atoms. The van der Waals surface area contributed by atoms with E-state index < -0.39 is 23.7 Å². The highest BCUT2D eigenvalue weighted by Gasteiger charge is 2.48. The number of anilines is 1. The zero-order valence-electron chi connectivity index (χ0n) is 19.5. The van der Waals surface area contributed by atoms with Crippen LogP contribution in [-0.4, -0.2) is 34.0 Å². The number of aryl methyl sites for hydroxylation is 1. The number of carboxylic acid groups (broad SMARTS) is 1. The number of ketones is 1. The second-order valence-corrected chi connectivity index (χ2v) is 8.57. The van der Waals surface area contributed by atoms with Gasteiger partial charge in [-0.1, -0.05) is 12.1 Å². The minimum atomic E-state index is -0.998. The van der Waals surface area contributed by atoms with Gasteiger partial charge >= 0.3 is 5.97 Å². The number of furan rings is 1. The molecule has 1 aliphatic rings. The smallest absolute Gasteiger partial charge is 0.307 e. The monoisotopic (exact) mass is 475 g/mol. The Bertz CT molecular complexity index is 1300. The predicted molar refractivity (Wildman–Crippen MR) is 128 cm³/mol. The van der Waals surface area contributed by atoms with Crippen molar-refractivity contribution < 1.29 is 33.8 Å². The number of ether oxygens (including phenoxy) is 1. The maximum atomic E-state index is 13.2. The number of carbonyl (C=O) groups is 3. The largest absolute Gasteiger partial charge is 0.507 e. The van der Waals surface area contributed by atoms with E-state index in [2.05, 4.69) is 0 Å². The van der Waals surface area contributed by atoms with Crippen LogP contribution in [0.25, 0.3) is 5.76 Å². The molecule has 0 saturated carbocycles. The summed E-state index contributed by atoms with van der Waals surface area (Å²) in [5.74, 6) is -2.02. The van der Waals surface area contributed by atoms with E-state index in [1.54, 1.807) is 54.6 Å². The van der Waals surface area contributed by atoms with E-state index in [9.17, 15) is 19.5 Å². The molecule has 0 spiro atoms. The molecule has 2 heterocycles. The molecule has 1 amide bonds. The van der Waals surface area contributed by atoms with E-state index in [-0.39, 0.29) is 23.9 Å². The van der Waals surface area contributed by atoms with Crippen molar-refractivity contribution in [2.24, 2.45) is 0 Å². The second kappa shape index (κ2) is 9.50. The molecule has 1 unspecified atom stereocenters. The van der Waals surface area contributed by atoms with Crippen molar-refractivity contribution in [3.05, 3.63) is 88.9 Å². The van der Waals surface area contributed by atoms with Crippen molar-refractivity contribution in [3.8, 4) is 5.75 Å². The third-order valence-electron chi connectivity index (χ3n) is 5.64. The first-order valence-electron chi connectivity index (χ1n) is 11.1. The number of carboxylic acids is 1. The fourth-order valence-electron chi connectivity index (χ4n) is 4.10. The number of aliphatic hydroxyl groups is 1. The number of rotatable bonds is 7. The number of aliphatic hydroxyl groups excluding tert-OH is 1. The molecular formula is C27H25NO7. The van der Waals surface area contributed by atoms with Crippen molar-refractivity contribution in [3.63, 3.8) is 0 Å². The van der Waals surface area contributed by atoms with Crippen LogP contribution >= 0.6 is 0 Å². The summed E-state index contributed by atoms with van der Waals surface area (Å²) in [6, 6.07) is 13.6. The van der Waals surface area contributed by atoms with Crippen molar-refractivity contribution in [1.29, 1.82) is 0 Å². The van der Waals surface area contributed by atoms with Gasteiger partial charge in [0.1, 0.15) is 23.3 Å². The first kappa shape index (κ1) is 23.8. The van der Waals surface area contributed by atoms with Gasteiger partial charge < -0.3 is 19.4 Å². The molecule has 2 N–H and O–H groups in total. The summed E-state index contributed by atoms with van der Waals surface area (Å²) >= 11 is 0. The average molecular weight is 475 g/mol. The molecule has 1 aromatic heterocycles. The van der Waals surface area contributed by atoms with E-state index in [1.165, 1.54) is 11.2 Å². The normalized spacial score (nSPS) is 17.3. The van der Waals surface area contributed by atoms with Gasteiger partial charge in [0, 0.05) is 11.3 Å². The van der Waals surface area contributed by atoms with E-state index in [0.29, 0.717) is 28.3 Å². The molecule has 0 bridgehead atoms. The molecular weight excluding hydrogens is 450 g/mol. The highest BCUT2D eigenvalue weighted by molar-refractivity contribution is 6.51. The predicted octanol–water partition coefficient (Wildman–Crippen LogP) is 4.63. The van der Waals surface area contributed by atoms with Crippen LogP contribution in [0.2, 0.25) is 0 Å². The Morgan fingerprint density at radius 2 is 1.80 bits per heavy atom. The van der Waals surface area contributed by atoms with Crippen LogP contribution in [-0.2, 0) is 20.8 Å². The molecule has 0 aliphatic carbocycles. The van der Waals surface area contributed by atoms with E-state index in [1.807, 2.05) is 20.8 Å². The van der Waals surface area contributed by atoms with Crippen LogP contribution in [0.1, 0.15) is 42.3 Å². The Hall–Kier alpha value is -4.33. The Balaban J connectivity index is 1.80. The molecule has 2 aromatic carbocycles. The van der Waals surface area contributed by atoms with Crippen molar-refractivity contribution in [1.82, 2.24) is 0 Å². The maximum absolute atomic E-state index is 13.2. The van der Waals surface area contributed by atoms with Crippen LogP contribution < -0.4 is 9.64 Å². The molecule has 8 nitrogen and oxygen atoms in total. The molecule has 1 saturated heterocycles. The number of amides is 1. The van der Waals surface area contributed by atoms with Gasteiger partial charge in [0.15, 0.2) is 0 Å². The number of Topliss-reactive ketones (excluding diaryl/α,β-unsaturated/α-hetero) is 1. The average Bonchev–Trinajstić information content (AvgIpc) is 3.42.